The lowest BCUT2D eigenvalue weighted by Crippen LogP contribution is -2.36. The van der Waals surface area contributed by atoms with Crippen LogP contribution in [0.4, 0.5) is 0 Å². The molecule has 0 spiro atoms. The second-order valence-corrected chi connectivity index (χ2v) is 6.92. The van der Waals surface area contributed by atoms with Crippen LogP contribution in [0.15, 0.2) is 51.4 Å². The summed E-state index contributed by atoms with van der Waals surface area (Å²) in [6, 6.07) is 12.9. The Morgan fingerprint density at radius 1 is 1.11 bits per heavy atom. The maximum atomic E-state index is 12.4. The predicted octanol–water partition coefficient (Wildman–Crippen LogP) is 3.56. The molecule has 140 valence electrons. The van der Waals surface area contributed by atoms with Gasteiger partial charge in [0.25, 0.3) is 5.91 Å². The minimum atomic E-state index is -0.417. The summed E-state index contributed by atoms with van der Waals surface area (Å²) in [5.41, 5.74) is 2.31. The van der Waals surface area contributed by atoms with Crippen molar-refractivity contribution in [1.29, 1.82) is 0 Å². The summed E-state index contributed by atoms with van der Waals surface area (Å²) >= 11 is 3.41. The maximum absolute atomic E-state index is 12.4. The van der Waals surface area contributed by atoms with Gasteiger partial charge < -0.3 is 19.8 Å². The van der Waals surface area contributed by atoms with Gasteiger partial charge in [-0.05, 0) is 42.8 Å². The van der Waals surface area contributed by atoms with Crippen LogP contribution in [0.3, 0.4) is 0 Å². The van der Waals surface area contributed by atoms with Crippen molar-refractivity contribution in [2.45, 2.75) is 13.5 Å². The van der Waals surface area contributed by atoms with Crippen molar-refractivity contribution < 1.29 is 18.7 Å². The van der Waals surface area contributed by atoms with E-state index in [1.54, 1.807) is 13.2 Å². The smallest absolute Gasteiger partial charge is 0.287 e. The van der Waals surface area contributed by atoms with Gasteiger partial charge in [-0.25, -0.2) is 0 Å². The van der Waals surface area contributed by atoms with Gasteiger partial charge >= 0.3 is 0 Å². The van der Waals surface area contributed by atoms with Crippen molar-refractivity contribution in [1.82, 2.24) is 10.6 Å². The largest absolute Gasteiger partial charge is 0.497 e. The number of methoxy groups -OCH3 is 1. The van der Waals surface area contributed by atoms with Crippen molar-refractivity contribution >= 4 is 38.7 Å². The van der Waals surface area contributed by atoms with Crippen LogP contribution in [0.5, 0.6) is 5.75 Å². The number of amides is 2. The highest BCUT2D eigenvalue weighted by molar-refractivity contribution is 9.10. The first kappa shape index (κ1) is 19.0. The zero-order chi connectivity index (χ0) is 19.4. The number of hydrogen-bond acceptors (Lipinski definition) is 4. The molecular formula is C20H19BrN2O4. The Balaban J connectivity index is 1.55. The summed E-state index contributed by atoms with van der Waals surface area (Å²) in [6.45, 7) is 2.06. The van der Waals surface area contributed by atoms with Crippen LogP contribution in [-0.2, 0) is 11.3 Å². The van der Waals surface area contributed by atoms with E-state index in [0.717, 1.165) is 26.7 Å². The minimum absolute atomic E-state index is 0.130. The predicted molar refractivity (Wildman–Crippen MR) is 106 cm³/mol. The molecule has 7 heteroatoms. The summed E-state index contributed by atoms with van der Waals surface area (Å²) < 4.78 is 11.6. The molecule has 0 bridgehead atoms. The van der Waals surface area contributed by atoms with Gasteiger partial charge in [-0.15, -0.1) is 0 Å². The van der Waals surface area contributed by atoms with Gasteiger partial charge in [0.15, 0.2) is 5.76 Å². The van der Waals surface area contributed by atoms with Gasteiger partial charge in [0, 0.05) is 22.0 Å². The highest BCUT2D eigenvalue weighted by Crippen LogP contribution is 2.27. The quantitative estimate of drug-likeness (QED) is 0.626. The Kier molecular flexibility index (Phi) is 5.81. The van der Waals surface area contributed by atoms with E-state index in [9.17, 15) is 9.59 Å². The molecule has 2 amide bonds. The molecule has 1 heterocycles. The highest BCUT2D eigenvalue weighted by atomic mass is 79.9. The first-order valence-electron chi connectivity index (χ1n) is 8.34. The van der Waals surface area contributed by atoms with E-state index < -0.39 is 5.91 Å². The van der Waals surface area contributed by atoms with Crippen LogP contribution in [0, 0.1) is 6.92 Å². The Hall–Kier alpha value is -2.80. The first-order valence-corrected chi connectivity index (χ1v) is 9.13. The highest BCUT2D eigenvalue weighted by Gasteiger charge is 2.18. The van der Waals surface area contributed by atoms with E-state index in [1.165, 1.54) is 0 Å². The monoisotopic (exact) mass is 430 g/mol. The molecule has 3 aromatic rings. The number of carbonyl (C=O) groups excluding carboxylic acids is 2. The summed E-state index contributed by atoms with van der Waals surface area (Å²) in [6.07, 6.45) is 0. The van der Waals surface area contributed by atoms with Crippen LogP contribution >= 0.6 is 15.9 Å². The number of fused-ring (bicyclic) bond motifs is 1. The molecule has 1 aromatic heterocycles. The Morgan fingerprint density at radius 3 is 2.56 bits per heavy atom. The van der Waals surface area contributed by atoms with Crippen LogP contribution in [-0.4, -0.2) is 25.5 Å². The number of rotatable bonds is 6. The normalized spacial score (nSPS) is 10.6. The molecule has 0 unspecified atom stereocenters. The lowest BCUT2D eigenvalue weighted by Gasteiger charge is -2.07. The van der Waals surface area contributed by atoms with Gasteiger partial charge in [0.1, 0.15) is 11.3 Å². The molecule has 6 nitrogen and oxygen atoms in total. The molecule has 0 radical (unpaired) electrons. The molecule has 0 saturated carbocycles. The van der Waals surface area contributed by atoms with E-state index in [-0.39, 0.29) is 18.2 Å². The van der Waals surface area contributed by atoms with E-state index in [1.807, 2.05) is 43.3 Å². The summed E-state index contributed by atoms with van der Waals surface area (Å²) in [4.78, 5) is 24.3. The third-order valence-electron chi connectivity index (χ3n) is 4.16. The number of nitrogens with one attached hydrogen (secondary N) is 2. The molecular weight excluding hydrogens is 412 g/mol. The lowest BCUT2D eigenvalue weighted by atomic mass is 10.1. The Morgan fingerprint density at radius 2 is 1.85 bits per heavy atom. The number of carbonyl (C=O) groups is 2. The zero-order valence-corrected chi connectivity index (χ0v) is 16.6. The molecule has 0 fully saturated rings. The van der Waals surface area contributed by atoms with Crippen LogP contribution in [0.25, 0.3) is 11.0 Å². The number of benzene rings is 2. The van der Waals surface area contributed by atoms with Gasteiger partial charge in [-0.2, -0.15) is 0 Å². The number of aryl methyl sites for hydroxylation is 1. The fraction of sp³-hybridized carbons (Fsp3) is 0.200. The number of hydrogen-bond donors (Lipinski definition) is 2. The third-order valence-corrected chi connectivity index (χ3v) is 4.66. The Labute approximate surface area is 165 Å². The van der Waals surface area contributed by atoms with Crippen LogP contribution < -0.4 is 15.4 Å². The summed E-state index contributed by atoms with van der Waals surface area (Å²) in [7, 11) is 1.60. The SMILES string of the molecule is COc1ccc(CNC(=O)CNC(=O)c2oc3ccc(Br)cc3c2C)cc1. The van der Waals surface area contributed by atoms with Gasteiger partial charge in [0.05, 0.1) is 13.7 Å². The molecule has 27 heavy (non-hydrogen) atoms. The molecule has 2 N–H and O–H groups in total. The molecule has 0 atom stereocenters. The summed E-state index contributed by atoms with van der Waals surface area (Å²) in [5, 5.41) is 6.21. The number of halogens is 1. The van der Waals surface area contributed by atoms with Crippen molar-refractivity contribution in [3.63, 3.8) is 0 Å². The average molecular weight is 431 g/mol. The minimum Gasteiger partial charge on any atom is -0.497 e. The fourth-order valence-electron chi connectivity index (χ4n) is 2.66. The second kappa shape index (κ2) is 8.26. The first-order chi connectivity index (χ1) is 13.0. The van der Waals surface area contributed by atoms with E-state index in [2.05, 4.69) is 26.6 Å². The topological polar surface area (TPSA) is 80.6 Å². The fourth-order valence-corrected chi connectivity index (χ4v) is 3.02. The number of furan rings is 1. The molecule has 0 saturated heterocycles. The van der Waals surface area contributed by atoms with Gasteiger partial charge in [-0.3, -0.25) is 9.59 Å². The van der Waals surface area contributed by atoms with Gasteiger partial charge in [-0.1, -0.05) is 28.1 Å². The number of ether oxygens (including phenoxy) is 1. The van der Waals surface area contributed by atoms with Crippen molar-refractivity contribution in [3.05, 3.63) is 63.8 Å². The van der Waals surface area contributed by atoms with Gasteiger partial charge in [0.2, 0.25) is 5.91 Å². The molecule has 0 aliphatic carbocycles. The standard InChI is InChI=1S/C20H19BrN2O4/c1-12-16-9-14(21)5-8-17(16)27-19(12)20(25)23-11-18(24)22-10-13-3-6-15(26-2)7-4-13/h3-9H,10-11H2,1-2H3,(H,22,24)(H,23,25). The van der Waals surface area contributed by atoms with Crippen molar-refractivity contribution in [2.24, 2.45) is 0 Å². The van der Waals surface area contributed by atoms with E-state index in [0.29, 0.717) is 12.1 Å². The molecule has 3 rings (SSSR count). The molecule has 0 aliphatic rings. The zero-order valence-electron chi connectivity index (χ0n) is 15.0. The van der Waals surface area contributed by atoms with Crippen LogP contribution in [0.1, 0.15) is 21.7 Å². The van der Waals surface area contributed by atoms with Crippen molar-refractivity contribution in [3.8, 4) is 5.75 Å². The maximum Gasteiger partial charge on any atom is 0.287 e. The van der Waals surface area contributed by atoms with Crippen molar-refractivity contribution in [2.75, 3.05) is 13.7 Å². The molecule has 2 aromatic carbocycles. The lowest BCUT2D eigenvalue weighted by molar-refractivity contribution is -0.120. The second-order valence-electron chi connectivity index (χ2n) is 6.00. The Bertz CT molecular complexity index is 980. The third kappa shape index (κ3) is 4.49. The average Bonchev–Trinajstić information content (AvgIpc) is 3.01. The summed E-state index contributed by atoms with van der Waals surface area (Å²) in [5.74, 6) is 0.270. The molecule has 0 aliphatic heterocycles. The van der Waals surface area contributed by atoms with Crippen LogP contribution in [0.2, 0.25) is 0 Å². The van der Waals surface area contributed by atoms with E-state index >= 15 is 0 Å². The van der Waals surface area contributed by atoms with E-state index in [4.69, 9.17) is 9.15 Å².